The van der Waals surface area contributed by atoms with Crippen LogP contribution in [0.2, 0.25) is 0 Å². The predicted octanol–water partition coefficient (Wildman–Crippen LogP) is 4.97. The van der Waals surface area contributed by atoms with Gasteiger partial charge in [-0.3, -0.25) is 10.9 Å². The van der Waals surface area contributed by atoms with E-state index in [4.69, 9.17) is 9.47 Å². The molecular formula is C26H36N4O4. The maximum absolute atomic E-state index is 11.5. The van der Waals surface area contributed by atoms with Crippen molar-refractivity contribution in [2.24, 2.45) is 0 Å². The standard InChI is InChI=1S/2C13H18N2O2/c2*1-3-9-15-10(2)12(17-13(16)14-15)11-7-5-4-6-8-11/h2*4-8,10,12H,3,9H2,1-2H3,(H,14,16)/t2*10-,12-/m00/s1. The third-order valence-corrected chi connectivity index (χ3v) is 5.98. The molecule has 2 fully saturated rings. The summed E-state index contributed by atoms with van der Waals surface area (Å²) >= 11 is 0. The summed E-state index contributed by atoms with van der Waals surface area (Å²) in [4.78, 5) is 23.0. The van der Waals surface area contributed by atoms with E-state index >= 15 is 0 Å². The van der Waals surface area contributed by atoms with Crippen molar-refractivity contribution < 1.29 is 19.1 Å². The highest BCUT2D eigenvalue weighted by Crippen LogP contribution is 2.28. The number of ether oxygens (including phenoxy) is 2. The van der Waals surface area contributed by atoms with Crippen LogP contribution in [0.25, 0.3) is 0 Å². The van der Waals surface area contributed by atoms with Crippen molar-refractivity contribution in [3.05, 3.63) is 71.8 Å². The highest BCUT2D eigenvalue weighted by molar-refractivity contribution is 5.68. The van der Waals surface area contributed by atoms with Gasteiger partial charge in [0.2, 0.25) is 0 Å². The molecule has 2 saturated heterocycles. The second kappa shape index (κ2) is 12.4. The van der Waals surface area contributed by atoms with Gasteiger partial charge < -0.3 is 9.47 Å². The molecule has 8 heteroatoms. The summed E-state index contributed by atoms with van der Waals surface area (Å²) in [6, 6.07) is 20.0. The van der Waals surface area contributed by atoms with E-state index in [1.54, 1.807) is 0 Å². The molecule has 0 unspecified atom stereocenters. The first-order valence-electron chi connectivity index (χ1n) is 12.0. The number of carbonyl (C=O) groups is 2. The Morgan fingerprint density at radius 1 is 0.676 bits per heavy atom. The van der Waals surface area contributed by atoms with Gasteiger partial charge in [-0.25, -0.2) is 19.6 Å². The molecule has 2 heterocycles. The lowest BCUT2D eigenvalue weighted by atomic mass is 10.0. The molecule has 2 aromatic rings. The minimum Gasteiger partial charge on any atom is -0.439 e. The van der Waals surface area contributed by atoms with Crippen LogP contribution in [0.3, 0.4) is 0 Å². The molecule has 0 saturated carbocycles. The van der Waals surface area contributed by atoms with Crippen molar-refractivity contribution in [1.29, 1.82) is 0 Å². The minimum atomic E-state index is -0.370. The molecule has 2 aliphatic heterocycles. The molecule has 34 heavy (non-hydrogen) atoms. The summed E-state index contributed by atoms with van der Waals surface area (Å²) in [6.07, 6.45) is 0.849. The number of hydrogen-bond donors (Lipinski definition) is 2. The molecule has 2 aliphatic rings. The van der Waals surface area contributed by atoms with Crippen molar-refractivity contribution >= 4 is 12.2 Å². The number of rotatable bonds is 6. The van der Waals surface area contributed by atoms with E-state index in [2.05, 4.69) is 38.5 Å². The normalized spacial score (nSPS) is 25.2. The summed E-state index contributed by atoms with van der Waals surface area (Å²) < 4.78 is 10.7. The summed E-state index contributed by atoms with van der Waals surface area (Å²) in [5.41, 5.74) is 7.55. The Bertz CT molecular complexity index is 836. The lowest BCUT2D eigenvalue weighted by molar-refractivity contribution is -0.0380. The van der Waals surface area contributed by atoms with Crippen LogP contribution in [-0.2, 0) is 9.47 Å². The average Bonchev–Trinajstić information content (AvgIpc) is 2.85. The molecule has 0 aromatic heterocycles. The molecule has 0 bridgehead atoms. The average molecular weight is 469 g/mol. The highest BCUT2D eigenvalue weighted by atomic mass is 16.6. The first-order valence-corrected chi connectivity index (χ1v) is 12.0. The molecule has 4 atom stereocenters. The summed E-state index contributed by atoms with van der Waals surface area (Å²) in [6.45, 7) is 9.97. The minimum absolute atomic E-state index is 0.134. The maximum Gasteiger partial charge on any atom is 0.422 e. The smallest absolute Gasteiger partial charge is 0.422 e. The van der Waals surface area contributed by atoms with Gasteiger partial charge in [0, 0.05) is 13.1 Å². The van der Waals surface area contributed by atoms with Crippen molar-refractivity contribution in [3.63, 3.8) is 0 Å². The van der Waals surface area contributed by atoms with Crippen LogP contribution in [0.1, 0.15) is 63.9 Å². The molecule has 4 rings (SSSR count). The maximum atomic E-state index is 11.5. The van der Waals surface area contributed by atoms with Gasteiger partial charge in [0.25, 0.3) is 0 Å². The van der Waals surface area contributed by atoms with Crippen LogP contribution < -0.4 is 10.9 Å². The van der Waals surface area contributed by atoms with E-state index < -0.39 is 0 Å². The molecule has 8 nitrogen and oxygen atoms in total. The highest BCUT2D eigenvalue weighted by Gasteiger charge is 2.35. The molecule has 0 aliphatic carbocycles. The Labute approximate surface area is 202 Å². The van der Waals surface area contributed by atoms with Crippen LogP contribution in [0.15, 0.2) is 60.7 Å². The van der Waals surface area contributed by atoms with E-state index in [0.717, 1.165) is 37.1 Å². The van der Waals surface area contributed by atoms with Gasteiger partial charge in [-0.05, 0) is 37.8 Å². The zero-order valence-corrected chi connectivity index (χ0v) is 20.4. The first-order chi connectivity index (χ1) is 16.4. The van der Waals surface area contributed by atoms with E-state index in [-0.39, 0.29) is 36.5 Å². The Kier molecular flexibility index (Phi) is 9.30. The molecule has 0 spiro atoms. The molecule has 184 valence electrons. The van der Waals surface area contributed by atoms with Crippen LogP contribution in [0, 0.1) is 0 Å². The topological polar surface area (TPSA) is 83.1 Å². The SMILES string of the molecule is CCCN1NC(=O)O[C@H](c2ccccc2)[C@@H]1C.CCCN1NC(=O)O[C@H](c2ccccc2)[C@@H]1C. The lowest BCUT2D eigenvalue weighted by Gasteiger charge is -2.38. The van der Waals surface area contributed by atoms with E-state index in [9.17, 15) is 9.59 Å². The van der Waals surface area contributed by atoms with Crippen LogP contribution >= 0.6 is 0 Å². The monoisotopic (exact) mass is 468 g/mol. The number of nitrogens with one attached hydrogen (secondary N) is 2. The predicted molar refractivity (Wildman–Crippen MR) is 131 cm³/mol. The van der Waals surface area contributed by atoms with Crippen LogP contribution in [-0.4, -0.2) is 47.4 Å². The molecule has 2 N–H and O–H groups in total. The fourth-order valence-corrected chi connectivity index (χ4v) is 4.22. The van der Waals surface area contributed by atoms with E-state index in [1.165, 1.54) is 0 Å². The van der Waals surface area contributed by atoms with E-state index in [0.29, 0.717) is 0 Å². The third-order valence-electron chi connectivity index (χ3n) is 5.98. The Morgan fingerprint density at radius 3 is 1.35 bits per heavy atom. The van der Waals surface area contributed by atoms with Gasteiger partial charge in [-0.15, -0.1) is 0 Å². The molecule has 2 amide bonds. The van der Waals surface area contributed by atoms with Gasteiger partial charge in [-0.1, -0.05) is 74.5 Å². The largest absolute Gasteiger partial charge is 0.439 e. The fourth-order valence-electron chi connectivity index (χ4n) is 4.22. The second-order valence-electron chi connectivity index (χ2n) is 8.56. The number of nitrogens with zero attached hydrogens (tertiary/aromatic N) is 2. The van der Waals surface area contributed by atoms with Crippen molar-refractivity contribution in [2.45, 2.75) is 64.8 Å². The van der Waals surface area contributed by atoms with Gasteiger partial charge >= 0.3 is 12.2 Å². The Balaban J connectivity index is 0.000000191. The summed E-state index contributed by atoms with van der Waals surface area (Å²) in [7, 11) is 0. The fraction of sp³-hybridized carbons (Fsp3) is 0.462. The van der Waals surface area contributed by atoms with Gasteiger partial charge in [0.15, 0.2) is 0 Å². The van der Waals surface area contributed by atoms with E-state index in [1.807, 2.05) is 70.7 Å². The number of amides is 2. The Hall–Kier alpha value is -3.10. The lowest BCUT2D eigenvalue weighted by Crippen LogP contribution is -2.55. The van der Waals surface area contributed by atoms with Crippen LogP contribution in [0.5, 0.6) is 0 Å². The summed E-state index contributed by atoms with van der Waals surface area (Å²) in [5.74, 6) is 0. The molecule has 2 aromatic carbocycles. The molecular weight excluding hydrogens is 432 g/mol. The van der Waals surface area contributed by atoms with Gasteiger partial charge in [-0.2, -0.15) is 0 Å². The van der Waals surface area contributed by atoms with Gasteiger partial charge in [0.05, 0.1) is 12.1 Å². The van der Waals surface area contributed by atoms with Crippen molar-refractivity contribution in [1.82, 2.24) is 20.9 Å². The Morgan fingerprint density at radius 2 is 1.03 bits per heavy atom. The number of hydrogen-bond acceptors (Lipinski definition) is 6. The quantitative estimate of drug-likeness (QED) is 0.623. The number of hydrazine groups is 2. The zero-order chi connectivity index (χ0) is 24.5. The van der Waals surface area contributed by atoms with Crippen molar-refractivity contribution in [3.8, 4) is 0 Å². The van der Waals surface area contributed by atoms with Gasteiger partial charge in [0.1, 0.15) is 12.2 Å². The molecule has 0 radical (unpaired) electrons. The second-order valence-corrected chi connectivity index (χ2v) is 8.56. The number of benzene rings is 2. The number of carbonyl (C=O) groups excluding carboxylic acids is 2. The van der Waals surface area contributed by atoms with Crippen LogP contribution in [0.4, 0.5) is 9.59 Å². The number of cyclic esters (lactones) is 2. The van der Waals surface area contributed by atoms with Crippen molar-refractivity contribution in [2.75, 3.05) is 13.1 Å². The first kappa shape index (κ1) is 25.5. The summed E-state index contributed by atoms with van der Waals surface area (Å²) in [5, 5.41) is 3.90. The third kappa shape index (κ3) is 6.48. The zero-order valence-electron chi connectivity index (χ0n) is 20.4.